The smallest absolute Gasteiger partial charge is 0.328 e. The molecule has 0 spiro atoms. The van der Waals surface area contributed by atoms with Crippen LogP contribution in [0.1, 0.15) is 27.2 Å². The zero-order chi connectivity index (χ0) is 12.1. The maximum absolute atomic E-state index is 11.8. The fourth-order valence-electron chi connectivity index (χ4n) is 1.72. The minimum absolute atomic E-state index is 0.0746. The van der Waals surface area contributed by atoms with Crippen LogP contribution in [-0.4, -0.2) is 37.2 Å². The van der Waals surface area contributed by atoms with E-state index in [1.165, 1.54) is 0 Å². The van der Waals surface area contributed by atoms with Crippen LogP contribution in [-0.2, 0) is 19.1 Å². The van der Waals surface area contributed by atoms with Gasteiger partial charge in [0.2, 0.25) is 5.91 Å². The molecule has 0 aromatic rings. The monoisotopic (exact) mass is 229 g/mol. The van der Waals surface area contributed by atoms with Crippen LogP contribution in [0.25, 0.3) is 0 Å². The molecule has 3 unspecified atom stereocenters. The second-order valence-corrected chi connectivity index (χ2v) is 3.95. The Labute approximate surface area is 95.5 Å². The fraction of sp³-hybridized carbons (Fsp3) is 0.818. The standard InChI is InChI=1S/C11H19NO4/c1-4-15-11(14)7(2)12-10(13)9-5-6-16-8(9)3/h7-9H,4-6H2,1-3H3,(H,12,13). The van der Waals surface area contributed by atoms with E-state index in [0.717, 1.165) is 0 Å². The topological polar surface area (TPSA) is 64.6 Å². The number of ether oxygens (including phenoxy) is 2. The zero-order valence-corrected chi connectivity index (χ0v) is 9.99. The first kappa shape index (κ1) is 13.0. The van der Waals surface area contributed by atoms with E-state index in [2.05, 4.69) is 5.32 Å². The van der Waals surface area contributed by atoms with Crippen molar-refractivity contribution in [1.82, 2.24) is 5.32 Å². The van der Waals surface area contributed by atoms with E-state index in [4.69, 9.17) is 9.47 Å². The predicted molar refractivity (Wildman–Crippen MR) is 57.8 cm³/mol. The Morgan fingerprint density at radius 1 is 1.56 bits per heavy atom. The van der Waals surface area contributed by atoms with Gasteiger partial charge in [-0.1, -0.05) is 0 Å². The van der Waals surface area contributed by atoms with E-state index < -0.39 is 12.0 Å². The first-order chi connectivity index (χ1) is 7.56. The number of nitrogens with one attached hydrogen (secondary N) is 1. The summed E-state index contributed by atoms with van der Waals surface area (Å²) in [5.41, 5.74) is 0. The van der Waals surface area contributed by atoms with Crippen LogP contribution in [0, 0.1) is 5.92 Å². The van der Waals surface area contributed by atoms with Crippen LogP contribution in [0.3, 0.4) is 0 Å². The first-order valence-electron chi connectivity index (χ1n) is 5.64. The van der Waals surface area contributed by atoms with Crippen LogP contribution in [0.15, 0.2) is 0 Å². The largest absolute Gasteiger partial charge is 0.464 e. The van der Waals surface area contributed by atoms with E-state index in [-0.39, 0.29) is 17.9 Å². The van der Waals surface area contributed by atoms with E-state index in [1.54, 1.807) is 13.8 Å². The summed E-state index contributed by atoms with van der Waals surface area (Å²) in [7, 11) is 0. The number of hydrogen-bond acceptors (Lipinski definition) is 4. The van der Waals surface area contributed by atoms with Gasteiger partial charge in [-0.3, -0.25) is 4.79 Å². The molecule has 1 amide bonds. The van der Waals surface area contributed by atoms with E-state index in [1.807, 2.05) is 6.92 Å². The van der Waals surface area contributed by atoms with Gasteiger partial charge in [-0.15, -0.1) is 0 Å². The third-order valence-corrected chi connectivity index (χ3v) is 2.71. The van der Waals surface area contributed by atoms with Crippen LogP contribution >= 0.6 is 0 Å². The molecule has 1 aliphatic rings. The lowest BCUT2D eigenvalue weighted by atomic mass is 10.0. The van der Waals surface area contributed by atoms with Crippen molar-refractivity contribution in [3.63, 3.8) is 0 Å². The normalized spacial score (nSPS) is 26.2. The lowest BCUT2D eigenvalue weighted by Crippen LogP contribution is -2.44. The second kappa shape index (κ2) is 5.84. The highest BCUT2D eigenvalue weighted by Gasteiger charge is 2.32. The van der Waals surface area contributed by atoms with Gasteiger partial charge in [0, 0.05) is 6.61 Å². The van der Waals surface area contributed by atoms with Crippen molar-refractivity contribution >= 4 is 11.9 Å². The molecule has 1 saturated heterocycles. The van der Waals surface area contributed by atoms with Gasteiger partial charge in [0.15, 0.2) is 0 Å². The van der Waals surface area contributed by atoms with Gasteiger partial charge in [-0.05, 0) is 27.2 Å². The second-order valence-electron chi connectivity index (χ2n) is 3.95. The molecule has 5 heteroatoms. The van der Waals surface area contributed by atoms with E-state index in [0.29, 0.717) is 19.6 Å². The number of esters is 1. The summed E-state index contributed by atoms with van der Waals surface area (Å²) in [6.07, 6.45) is 0.636. The molecular weight excluding hydrogens is 210 g/mol. The maximum Gasteiger partial charge on any atom is 0.328 e. The molecule has 1 fully saturated rings. The lowest BCUT2D eigenvalue weighted by molar-refractivity contribution is -0.147. The van der Waals surface area contributed by atoms with Gasteiger partial charge >= 0.3 is 5.97 Å². The third kappa shape index (κ3) is 3.20. The Balaban J connectivity index is 2.41. The number of carbonyl (C=O) groups excluding carboxylic acids is 2. The highest BCUT2D eigenvalue weighted by Crippen LogP contribution is 2.20. The van der Waals surface area contributed by atoms with Crippen molar-refractivity contribution in [3.8, 4) is 0 Å². The van der Waals surface area contributed by atoms with Crippen LogP contribution in [0.2, 0.25) is 0 Å². The minimum Gasteiger partial charge on any atom is -0.464 e. The summed E-state index contributed by atoms with van der Waals surface area (Å²) >= 11 is 0. The van der Waals surface area contributed by atoms with Crippen molar-refractivity contribution in [2.45, 2.75) is 39.3 Å². The molecule has 1 N–H and O–H groups in total. The Bertz CT molecular complexity index is 267. The fourth-order valence-corrected chi connectivity index (χ4v) is 1.72. The van der Waals surface area contributed by atoms with Gasteiger partial charge in [0.25, 0.3) is 0 Å². The molecular formula is C11H19NO4. The average molecular weight is 229 g/mol. The van der Waals surface area contributed by atoms with Crippen molar-refractivity contribution in [3.05, 3.63) is 0 Å². The van der Waals surface area contributed by atoms with Crippen LogP contribution in [0.4, 0.5) is 0 Å². The number of rotatable bonds is 4. The summed E-state index contributed by atoms with van der Waals surface area (Å²) in [4.78, 5) is 23.1. The Hall–Kier alpha value is -1.10. The zero-order valence-electron chi connectivity index (χ0n) is 9.99. The van der Waals surface area contributed by atoms with Crippen molar-refractivity contribution < 1.29 is 19.1 Å². The predicted octanol–water partition coefficient (Wildman–Crippen LogP) is 0.479. The highest BCUT2D eigenvalue weighted by atomic mass is 16.5. The van der Waals surface area contributed by atoms with E-state index >= 15 is 0 Å². The molecule has 0 aromatic carbocycles. The molecule has 92 valence electrons. The van der Waals surface area contributed by atoms with Crippen molar-refractivity contribution in [2.24, 2.45) is 5.92 Å². The molecule has 3 atom stereocenters. The third-order valence-electron chi connectivity index (χ3n) is 2.71. The SMILES string of the molecule is CCOC(=O)C(C)NC(=O)C1CCOC1C. The van der Waals surface area contributed by atoms with Gasteiger partial charge in [0.1, 0.15) is 6.04 Å². The lowest BCUT2D eigenvalue weighted by Gasteiger charge is -2.17. The summed E-state index contributed by atoms with van der Waals surface area (Å²) in [5, 5.41) is 2.64. The van der Waals surface area contributed by atoms with Crippen LogP contribution in [0.5, 0.6) is 0 Å². The molecule has 0 aliphatic carbocycles. The van der Waals surface area contributed by atoms with Crippen LogP contribution < -0.4 is 5.32 Å². The first-order valence-corrected chi connectivity index (χ1v) is 5.64. The average Bonchev–Trinajstić information content (AvgIpc) is 2.64. The molecule has 5 nitrogen and oxygen atoms in total. The Morgan fingerprint density at radius 2 is 2.25 bits per heavy atom. The molecule has 0 bridgehead atoms. The summed E-state index contributed by atoms with van der Waals surface area (Å²) in [6.45, 7) is 6.15. The van der Waals surface area contributed by atoms with Crippen molar-refractivity contribution in [2.75, 3.05) is 13.2 Å². The molecule has 1 rings (SSSR count). The summed E-state index contributed by atoms with van der Waals surface area (Å²) in [6, 6.07) is -0.597. The maximum atomic E-state index is 11.8. The molecule has 0 aromatic heterocycles. The molecule has 1 aliphatic heterocycles. The summed E-state index contributed by atoms with van der Waals surface area (Å²) < 4.78 is 10.1. The van der Waals surface area contributed by atoms with Gasteiger partial charge in [-0.2, -0.15) is 0 Å². The quantitative estimate of drug-likeness (QED) is 0.712. The molecule has 0 radical (unpaired) electrons. The van der Waals surface area contributed by atoms with Crippen molar-refractivity contribution in [1.29, 1.82) is 0 Å². The molecule has 1 heterocycles. The Kier molecular flexibility index (Phi) is 4.73. The number of carbonyl (C=O) groups is 2. The summed E-state index contributed by atoms with van der Waals surface area (Å²) in [5.74, 6) is -0.690. The van der Waals surface area contributed by atoms with Gasteiger partial charge < -0.3 is 14.8 Å². The highest BCUT2D eigenvalue weighted by molar-refractivity contribution is 5.85. The van der Waals surface area contributed by atoms with Gasteiger partial charge in [0.05, 0.1) is 18.6 Å². The Morgan fingerprint density at radius 3 is 2.75 bits per heavy atom. The number of amides is 1. The van der Waals surface area contributed by atoms with E-state index in [9.17, 15) is 9.59 Å². The molecule has 0 saturated carbocycles. The number of hydrogen-bond donors (Lipinski definition) is 1. The molecule has 16 heavy (non-hydrogen) atoms. The van der Waals surface area contributed by atoms with Gasteiger partial charge in [-0.25, -0.2) is 4.79 Å². The minimum atomic E-state index is -0.597.